The van der Waals surface area contributed by atoms with E-state index in [4.69, 9.17) is 4.98 Å². The molecule has 0 radical (unpaired) electrons. The fourth-order valence-corrected chi connectivity index (χ4v) is 5.81. The zero-order valence-electron chi connectivity index (χ0n) is 18.8. The third kappa shape index (κ3) is 3.81. The lowest BCUT2D eigenvalue weighted by Gasteiger charge is -2.31. The van der Waals surface area contributed by atoms with Crippen molar-refractivity contribution in [2.24, 2.45) is 11.8 Å². The van der Waals surface area contributed by atoms with E-state index in [1.807, 2.05) is 4.90 Å². The molecule has 1 N–H and O–H groups in total. The van der Waals surface area contributed by atoms with Crippen LogP contribution in [-0.2, 0) is 17.8 Å². The molecular weight excluding hydrogens is 402 g/mol. The van der Waals surface area contributed by atoms with E-state index >= 15 is 0 Å². The minimum atomic E-state index is 0.0610. The van der Waals surface area contributed by atoms with Crippen LogP contribution in [0.25, 0.3) is 5.65 Å². The first-order valence-electron chi connectivity index (χ1n) is 12.5. The Morgan fingerprint density at radius 2 is 1.94 bits per heavy atom. The molecule has 0 bridgehead atoms. The Morgan fingerprint density at radius 3 is 2.69 bits per heavy atom. The lowest BCUT2D eigenvalue weighted by molar-refractivity contribution is -0.133. The van der Waals surface area contributed by atoms with Gasteiger partial charge in [0, 0.05) is 62.7 Å². The molecule has 1 saturated heterocycles. The van der Waals surface area contributed by atoms with Crippen molar-refractivity contribution < 1.29 is 4.79 Å². The van der Waals surface area contributed by atoms with E-state index in [1.165, 1.54) is 12.8 Å². The van der Waals surface area contributed by atoms with E-state index in [1.54, 1.807) is 4.52 Å². The van der Waals surface area contributed by atoms with Gasteiger partial charge in [0.15, 0.2) is 5.65 Å². The number of carbonyl (C=O) groups is 1. The highest BCUT2D eigenvalue weighted by atomic mass is 16.2. The van der Waals surface area contributed by atoms with Gasteiger partial charge in [0.1, 0.15) is 0 Å². The molecule has 0 aromatic carbocycles. The van der Waals surface area contributed by atoms with Crippen molar-refractivity contribution >= 4 is 11.6 Å². The maximum absolute atomic E-state index is 13.3. The third-order valence-electron chi connectivity index (χ3n) is 7.93. The highest BCUT2D eigenvalue weighted by molar-refractivity contribution is 5.81. The number of piperidine rings is 1. The molecule has 7 nitrogen and oxygen atoms in total. The van der Waals surface area contributed by atoms with Gasteiger partial charge in [-0.3, -0.25) is 19.6 Å². The third-order valence-corrected chi connectivity index (χ3v) is 7.93. The predicted octanol–water partition coefficient (Wildman–Crippen LogP) is 2.85. The van der Waals surface area contributed by atoms with Crippen molar-refractivity contribution in [2.75, 3.05) is 26.2 Å². The number of hydrogen-bond acceptors (Lipinski definition) is 4. The van der Waals surface area contributed by atoms with Crippen LogP contribution in [0.15, 0.2) is 23.0 Å². The average Bonchev–Trinajstić information content (AvgIpc) is 3.59. The van der Waals surface area contributed by atoms with E-state index in [0.29, 0.717) is 30.2 Å². The summed E-state index contributed by atoms with van der Waals surface area (Å²) in [5.74, 6) is 1.70. The maximum atomic E-state index is 13.3. The predicted molar refractivity (Wildman–Crippen MR) is 123 cm³/mol. The molecule has 2 aromatic heterocycles. The molecule has 1 saturated carbocycles. The molecule has 4 aliphatic rings. The Balaban J connectivity index is 1.18. The smallest absolute Gasteiger partial charge is 0.277 e. The fourth-order valence-electron chi connectivity index (χ4n) is 5.81. The topological polar surface area (TPSA) is 73.7 Å². The SMILES string of the molecule is O=C(C1CC1)N1CCC(c2cc3nc4c(c(=O)n3[nH]2)CN(C[C@@H]2CC=CCC2)CC4)CC1. The number of nitrogens with zero attached hydrogens (tertiary/aromatic N) is 4. The van der Waals surface area contributed by atoms with Crippen LogP contribution in [0, 0.1) is 11.8 Å². The second-order valence-corrected chi connectivity index (χ2v) is 10.3. The molecule has 4 heterocycles. The molecule has 2 fully saturated rings. The summed E-state index contributed by atoms with van der Waals surface area (Å²) < 4.78 is 1.66. The van der Waals surface area contributed by atoms with Gasteiger partial charge >= 0.3 is 0 Å². The lowest BCUT2D eigenvalue weighted by Crippen LogP contribution is -2.39. The Morgan fingerprint density at radius 1 is 1.09 bits per heavy atom. The van der Waals surface area contributed by atoms with Gasteiger partial charge in [-0.1, -0.05) is 12.2 Å². The minimum absolute atomic E-state index is 0.0610. The van der Waals surface area contributed by atoms with Crippen LogP contribution in [-0.4, -0.2) is 56.5 Å². The highest BCUT2D eigenvalue weighted by Crippen LogP contribution is 2.34. The van der Waals surface area contributed by atoms with Gasteiger partial charge in [-0.15, -0.1) is 0 Å². The summed E-state index contributed by atoms with van der Waals surface area (Å²) in [6.07, 6.45) is 13.1. The van der Waals surface area contributed by atoms with E-state index in [9.17, 15) is 9.59 Å². The molecule has 2 aromatic rings. The summed E-state index contributed by atoms with van der Waals surface area (Å²) in [5, 5.41) is 3.37. The number of nitrogens with one attached hydrogen (secondary N) is 1. The van der Waals surface area contributed by atoms with Crippen LogP contribution < -0.4 is 5.56 Å². The number of amides is 1. The number of allylic oxidation sites excluding steroid dienone is 2. The molecule has 0 unspecified atom stereocenters. The van der Waals surface area contributed by atoms with Gasteiger partial charge in [-0.2, -0.15) is 0 Å². The molecule has 0 spiro atoms. The number of aromatic nitrogens is 3. The van der Waals surface area contributed by atoms with Crippen molar-refractivity contribution in [3.05, 3.63) is 45.5 Å². The molecule has 7 heteroatoms. The summed E-state index contributed by atoms with van der Waals surface area (Å²) in [6.45, 7) is 4.40. The fraction of sp³-hybridized carbons (Fsp3) is 0.640. The lowest BCUT2D eigenvalue weighted by atomic mass is 9.93. The first kappa shape index (κ1) is 20.2. The molecule has 1 atom stereocenters. The minimum Gasteiger partial charge on any atom is -0.342 e. The van der Waals surface area contributed by atoms with Gasteiger partial charge < -0.3 is 4.90 Å². The van der Waals surface area contributed by atoms with E-state index in [-0.39, 0.29) is 5.56 Å². The summed E-state index contributed by atoms with van der Waals surface area (Å²) in [5.41, 5.74) is 3.72. The normalized spacial score (nSPS) is 24.8. The van der Waals surface area contributed by atoms with Crippen molar-refractivity contribution in [2.45, 2.75) is 63.8 Å². The molecule has 6 rings (SSSR count). The number of carbonyl (C=O) groups excluding carboxylic acids is 1. The molecule has 32 heavy (non-hydrogen) atoms. The average molecular weight is 436 g/mol. The second-order valence-electron chi connectivity index (χ2n) is 10.3. The van der Waals surface area contributed by atoms with E-state index < -0.39 is 0 Å². The summed E-state index contributed by atoms with van der Waals surface area (Å²) in [4.78, 5) is 35.0. The number of fused-ring (bicyclic) bond motifs is 2. The summed E-state index contributed by atoms with van der Waals surface area (Å²) in [7, 11) is 0. The number of hydrogen-bond donors (Lipinski definition) is 1. The summed E-state index contributed by atoms with van der Waals surface area (Å²) >= 11 is 0. The first-order valence-corrected chi connectivity index (χ1v) is 12.5. The zero-order chi connectivity index (χ0) is 21.7. The van der Waals surface area contributed by atoms with Crippen molar-refractivity contribution in [3.63, 3.8) is 0 Å². The quantitative estimate of drug-likeness (QED) is 0.750. The number of rotatable bonds is 4. The van der Waals surface area contributed by atoms with Gasteiger partial charge in [0.05, 0.1) is 11.3 Å². The standard InChI is InChI=1S/C25H33N5O2/c31-24(19-6-7-19)29-12-8-18(9-13-29)22-14-23-26-21-10-11-28(15-17-4-2-1-3-5-17)16-20(21)25(32)30(23)27-22/h1-2,14,17-19,27H,3-13,15-16H2/t17-/m1/s1. The van der Waals surface area contributed by atoms with E-state index in [0.717, 1.165) is 87.3 Å². The number of H-pyrrole nitrogens is 1. The Labute approximate surface area is 188 Å². The van der Waals surface area contributed by atoms with Gasteiger partial charge in [-0.05, 0) is 50.9 Å². The number of likely N-dealkylation sites (tertiary alicyclic amines) is 1. The number of aromatic amines is 1. The van der Waals surface area contributed by atoms with Crippen LogP contribution in [0.1, 0.15) is 67.8 Å². The van der Waals surface area contributed by atoms with Gasteiger partial charge in [0.2, 0.25) is 5.91 Å². The van der Waals surface area contributed by atoms with Crippen LogP contribution in [0.5, 0.6) is 0 Å². The van der Waals surface area contributed by atoms with Crippen molar-refractivity contribution in [3.8, 4) is 0 Å². The Bertz CT molecular complexity index is 1100. The first-order chi connectivity index (χ1) is 15.7. The molecule has 2 aliphatic heterocycles. The van der Waals surface area contributed by atoms with Gasteiger partial charge in [-0.25, -0.2) is 9.50 Å². The Hall–Kier alpha value is -2.41. The highest BCUT2D eigenvalue weighted by Gasteiger charge is 2.35. The van der Waals surface area contributed by atoms with Crippen LogP contribution in [0.3, 0.4) is 0 Å². The van der Waals surface area contributed by atoms with E-state index in [2.05, 4.69) is 28.2 Å². The summed E-state index contributed by atoms with van der Waals surface area (Å²) in [6, 6.07) is 2.06. The molecule has 170 valence electrons. The van der Waals surface area contributed by atoms with Crippen LogP contribution in [0.2, 0.25) is 0 Å². The zero-order valence-corrected chi connectivity index (χ0v) is 18.8. The van der Waals surface area contributed by atoms with Crippen LogP contribution in [0.4, 0.5) is 0 Å². The van der Waals surface area contributed by atoms with Gasteiger partial charge in [0.25, 0.3) is 5.56 Å². The van der Waals surface area contributed by atoms with Crippen molar-refractivity contribution in [1.82, 2.24) is 24.4 Å². The molecule has 2 aliphatic carbocycles. The monoisotopic (exact) mass is 435 g/mol. The van der Waals surface area contributed by atoms with Crippen LogP contribution >= 0.6 is 0 Å². The molecular formula is C25H33N5O2. The maximum Gasteiger partial charge on any atom is 0.277 e. The van der Waals surface area contributed by atoms with Crippen molar-refractivity contribution in [1.29, 1.82) is 0 Å². The molecule has 1 amide bonds. The Kier molecular flexibility index (Phi) is 5.17. The largest absolute Gasteiger partial charge is 0.342 e. The second kappa shape index (κ2) is 8.18.